The maximum absolute atomic E-state index is 12.9. The first-order valence-electron chi connectivity index (χ1n) is 8.51. The number of rotatable bonds is 4. The molecule has 23 heavy (non-hydrogen) atoms. The zero-order chi connectivity index (χ0) is 15.9. The van der Waals surface area contributed by atoms with Gasteiger partial charge in [0.1, 0.15) is 6.10 Å². The third kappa shape index (κ3) is 2.86. The molecular formula is C16H23N3O3S. The van der Waals surface area contributed by atoms with Crippen molar-refractivity contribution in [2.45, 2.75) is 56.7 Å². The lowest BCUT2D eigenvalue weighted by Crippen LogP contribution is -2.53. The van der Waals surface area contributed by atoms with Crippen LogP contribution in [0, 0.1) is 0 Å². The topological polar surface area (TPSA) is 62.7 Å². The van der Waals surface area contributed by atoms with Crippen molar-refractivity contribution < 1.29 is 13.2 Å². The summed E-state index contributed by atoms with van der Waals surface area (Å²) in [6, 6.07) is 5.78. The van der Waals surface area contributed by atoms with E-state index in [1.54, 1.807) is 14.8 Å². The fourth-order valence-corrected chi connectivity index (χ4v) is 6.32. The second-order valence-corrected chi connectivity index (χ2v) is 8.54. The third-order valence-electron chi connectivity index (χ3n) is 5.21. The van der Waals surface area contributed by atoms with Gasteiger partial charge >= 0.3 is 0 Å². The largest absolute Gasteiger partial charge is 0.474 e. The monoisotopic (exact) mass is 337 g/mol. The highest BCUT2D eigenvalue weighted by Gasteiger charge is 2.49. The molecule has 2 atom stereocenters. The highest BCUT2D eigenvalue weighted by molar-refractivity contribution is 7.86. The smallest absolute Gasteiger partial charge is 0.282 e. The highest BCUT2D eigenvalue weighted by atomic mass is 32.2. The first-order valence-corrected chi connectivity index (χ1v) is 9.90. The van der Waals surface area contributed by atoms with Gasteiger partial charge in [0.05, 0.1) is 0 Å². The molecule has 3 saturated heterocycles. The fraction of sp³-hybridized carbons (Fsp3) is 0.688. The van der Waals surface area contributed by atoms with Crippen molar-refractivity contribution >= 4 is 10.2 Å². The summed E-state index contributed by atoms with van der Waals surface area (Å²) in [6.45, 7) is 1.35. The third-order valence-corrected chi connectivity index (χ3v) is 7.35. The SMILES string of the molecule is O=S(=O)(N1CCCC1)N1C2CCC1CC(Oc1ccccn1)C2. The van der Waals surface area contributed by atoms with Crippen molar-refractivity contribution in [1.29, 1.82) is 0 Å². The Morgan fingerprint density at radius 1 is 1.09 bits per heavy atom. The normalized spacial score (nSPS) is 32.3. The van der Waals surface area contributed by atoms with E-state index in [-0.39, 0.29) is 18.2 Å². The molecule has 0 aliphatic carbocycles. The van der Waals surface area contributed by atoms with Crippen molar-refractivity contribution in [3.63, 3.8) is 0 Å². The number of pyridine rings is 1. The first kappa shape index (κ1) is 15.4. The Morgan fingerprint density at radius 3 is 2.39 bits per heavy atom. The van der Waals surface area contributed by atoms with E-state index in [0.29, 0.717) is 19.0 Å². The van der Waals surface area contributed by atoms with Crippen LogP contribution in [0.15, 0.2) is 24.4 Å². The molecular weight excluding hydrogens is 314 g/mol. The fourth-order valence-electron chi connectivity index (χ4n) is 4.20. The molecule has 3 fully saturated rings. The first-order chi connectivity index (χ1) is 11.1. The van der Waals surface area contributed by atoms with Gasteiger partial charge in [0.2, 0.25) is 5.88 Å². The summed E-state index contributed by atoms with van der Waals surface area (Å²) in [6.07, 6.45) is 7.16. The lowest BCUT2D eigenvalue weighted by molar-refractivity contribution is 0.0887. The van der Waals surface area contributed by atoms with Gasteiger partial charge in [0.25, 0.3) is 10.2 Å². The predicted molar refractivity (Wildman–Crippen MR) is 86.3 cm³/mol. The van der Waals surface area contributed by atoms with Crippen molar-refractivity contribution in [3.8, 4) is 5.88 Å². The van der Waals surface area contributed by atoms with Crippen LogP contribution in [0.2, 0.25) is 0 Å². The van der Waals surface area contributed by atoms with Gasteiger partial charge in [0, 0.05) is 50.3 Å². The molecule has 1 aromatic heterocycles. The molecule has 3 aliphatic rings. The Bertz CT molecular complexity index is 632. The Morgan fingerprint density at radius 2 is 1.78 bits per heavy atom. The van der Waals surface area contributed by atoms with E-state index in [2.05, 4.69) is 4.98 Å². The highest BCUT2D eigenvalue weighted by Crippen LogP contribution is 2.40. The molecule has 3 aliphatic heterocycles. The van der Waals surface area contributed by atoms with E-state index in [1.807, 2.05) is 18.2 Å². The second kappa shape index (κ2) is 6.03. The number of aromatic nitrogens is 1. The Labute approximate surface area is 137 Å². The van der Waals surface area contributed by atoms with Crippen molar-refractivity contribution in [3.05, 3.63) is 24.4 Å². The summed E-state index contributed by atoms with van der Waals surface area (Å²) in [5, 5.41) is 0. The minimum absolute atomic E-state index is 0.0624. The maximum Gasteiger partial charge on any atom is 0.282 e. The van der Waals surface area contributed by atoms with Gasteiger partial charge in [-0.15, -0.1) is 0 Å². The molecule has 126 valence electrons. The van der Waals surface area contributed by atoms with Crippen LogP contribution < -0.4 is 4.74 Å². The van der Waals surface area contributed by atoms with E-state index in [0.717, 1.165) is 38.5 Å². The van der Waals surface area contributed by atoms with Gasteiger partial charge in [-0.25, -0.2) is 4.98 Å². The molecule has 2 bridgehead atoms. The van der Waals surface area contributed by atoms with E-state index < -0.39 is 10.2 Å². The zero-order valence-corrected chi connectivity index (χ0v) is 14.0. The lowest BCUT2D eigenvalue weighted by Gasteiger charge is -2.39. The summed E-state index contributed by atoms with van der Waals surface area (Å²) in [4.78, 5) is 4.21. The van der Waals surface area contributed by atoms with Gasteiger partial charge in [-0.1, -0.05) is 6.07 Å². The molecule has 6 nitrogen and oxygen atoms in total. The number of piperidine rings is 1. The quantitative estimate of drug-likeness (QED) is 0.840. The summed E-state index contributed by atoms with van der Waals surface area (Å²) < 4.78 is 35.3. The summed E-state index contributed by atoms with van der Waals surface area (Å²) in [7, 11) is -3.30. The Balaban J connectivity index is 1.48. The number of ether oxygens (including phenoxy) is 1. The van der Waals surface area contributed by atoms with Crippen molar-refractivity contribution in [2.75, 3.05) is 13.1 Å². The molecule has 0 spiro atoms. The van der Waals surface area contributed by atoms with Gasteiger partial charge in [-0.3, -0.25) is 0 Å². The second-order valence-electron chi connectivity index (χ2n) is 6.71. The molecule has 0 radical (unpaired) electrons. The van der Waals surface area contributed by atoms with Crippen LogP contribution in [0.3, 0.4) is 0 Å². The molecule has 4 rings (SSSR count). The van der Waals surface area contributed by atoms with Crippen LogP contribution in [0.1, 0.15) is 38.5 Å². The lowest BCUT2D eigenvalue weighted by atomic mass is 10.0. The van der Waals surface area contributed by atoms with E-state index in [1.165, 1.54) is 0 Å². The number of hydrogen-bond donors (Lipinski definition) is 0. The van der Waals surface area contributed by atoms with Gasteiger partial charge in [-0.2, -0.15) is 17.0 Å². The van der Waals surface area contributed by atoms with E-state index in [9.17, 15) is 8.42 Å². The average molecular weight is 337 g/mol. The van der Waals surface area contributed by atoms with Crippen LogP contribution in [-0.2, 0) is 10.2 Å². The molecule has 0 N–H and O–H groups in total. The van der Waals surface area contributed by atoms with Crippen LogP contribution in [0.25, 0.3) is 0 Å². The average Bonchev–Trinajstić information content (AvgIpc) is 3.16. The Kier molecular flexibility index (Phi) is 4.03. The van der Waals surface area contributed by atoms with Gasteiger partial charge < -0.3 is 4.74 Å². The van der Waals surface area contributed by atoms with Crippen LogP contribution in [-0.4, -0.2) is 53.3 Å². The molecule has 1 aromatic rings. The maximum atomic E-state index is 12.9. The van der Waals surface area contributed by atoms with Crippen molar-refractivity contribution in [2.24, 2.45) is 0 Å². The molecule has 7 heteroatoms. The van der Waals surface area contributed by atoms with Crippen molar-refractivity contribution in [1.82, 2.24) is 13.6 Å². The Hall–Kier alpha value is -1.18. The van der Waals surface area contributed by atoms with Gasteiger partial charge in [0.15, 0.2) is 0 Å². The summed E-state index contributed by atoms with van der Waals surface area (Å²) >= 11 is 0. The number of fused-ring (bicyclic) bond motifs is 2. The van der Waals surface area contributed by atoms with Crippen LogP contribution in [0.5, 0.6) is 5.88 Å². The molecule has 4 heterocycles. The number of nitrogens with zero attached hydrogens (tertiary/aromatic N) is 3. The van der Waals surface area contributed by atoms with Gasteiger partial charge in [-0.05, 0) is 31.7 Å². The molecule has 0 saturated carbocycles. The summed E-state index contributed by atoms with van der Waals surface area (Å²) in [5.74, 6) is 0.632. The minimum atomic E-state index is -3.30. The molecule has 0 amide bonds. The zero-order valence-electron chi connectivity index (χ0n) is 13.2. The van der Waals surface area contributed by atoms with Crippen LogP contribution >= 0.6 is 0 Å². The number of hydrogen-bond acceptors (Lipinski definition) is 4. The standard InChI is InChI=1S/C16H23N3O3S/c20-23(21,18-9-3-4-10-18)19-13-6-7-14(19)12-15(11-13)22-16-5-1-2-8-17-16/h1-2,5,8,13-15H,3-4,6-7,9-12H2. The summed E-state index contributed by atoms with van der Waals surface area (Å²) in [5.41, 5.74) is 0. The van der Waals surface area contributed by atoms with Crippen LogP contribution in [0.4, 0.5) is 0 Å². The van der Waals surface area contributed by atoms with E-state index in [4.69, 9.17) is 4.74 Å². The predicted octanol–water partition coefficient (Wildman–Crippen LogP) is 1.80. The molecule has 2 unspecified atom stereocenters. The minimum Gasteiger partial charge on any atom is -0.474 e. The van der Waals surface area contributed by atoms with E-state index >= 15 is 0 Å². The molecule has 0 aromatic carbocycles.